The highest BCUT2D eigenvalue weighted by atomic mass is 16.3. The van der Waals surface area contributed by atoms with E-state index in [1.54, 1.807) is 0 Å². The van der Waals surface area contributed by atoms with Crippen LogP contribution in [-0.2, 0) is 0 Å². The van der Waals surface area contributed by atoms with Crippen LogP contribution in [-0.4, -0.2) is 5.84 Å². The van der Waals surface area contributed by atoms with Crippen molar-refractivity contribution in [3.63, 3.8) is 0 Å². The SMILES string of the molecule is c1ccc(C2=NC(c3ccc4c(c3)oc3c(-c5cccc6c5oc5ccccc56)cccc34)NC(c3cccc4oc5ccccc5c34)N2)cc1. The number of furan rings is 3. The molecule has 11 rings (SSSR count). The molecule has 0 saturated heterocycles. The zero-order valence-corrected chi connectivity index (χ0v) is 27.3. The third-order valence-electron chi connectivity index (χ3n) is 10.2. The molecule has 3 aromatic heterocycles. The fourth-order valence-corrected chi connectivity index (χ4v) is 7.83. The van der Waals surface area contributed by atoms with Gasteiger partial charge in [0.25, 0.3) is 0 Å². The largest absolute Gasteiger partial charge is 0.456 e. The highest BCUT2D eigenvalue weighted by molar-refractivity contribution is 6.15. The van der Waals surface area contributed by atoms with E-state index in [2.05, 4.69) is 108 Å². The van der Waals surface area contributed by atoms with Crippen molar-refractivity contribution in [2.24, 2.45) is 4.99 Å². The topological polar surface area (TPSA) is 75.8 Å². The van der Waals surface area contributed by atoms with Crippen LogP contribution < -0.4 is 10.6 Å². The molecule has 0 spiro atoms. The van der Waals surface area contributed by atoms with Crippen molar-refractivity contribution in [3.05, 3.63) is 168 Å². The highest BCUT2D eigenvalue weighted by Crippen LogP contribution is 2.42. The van der Waals surface area contributed by atoms with Gasteiger partial charge in [-0.1, -0.05) is 127 Å². The first kappa shape index (κ1) is 28.2. The number of amidine groups is 1. The average Bonchev–Trinajstić information content (AvgIpc) is 3.89. The van der Waals surface area contributed by atoms with E-state index < -0.39 is 0 Å². The summed E-state index contributed by atoms with van der Waals surface area (Å²) in [6.45, 7) is 0. The van der Waals surface area contributed by atoms with Gasteiger partial charge in [-0.15, -0.1) is 0 Å². The summed E-state index contributed by atoms with van der Waals surface area (Å²) < 4.78 is 19.4. The Morgan fingerprint density at radius 3 is 1.86 bits per heavy atom. The maximum absolute atomic E-state index is 6.76. The molecule has 0 bridgehead atoms. The summed E-state index contributed by atoms with van der Waals surface area (Å²) >= 11 is 0. The highest BCUT2D eigenvalue weighted by Gasteiger charge is 2.28. The zero-order chi connectivity index (χ0) is 33.5. The molecule has 1 aliphatic heterocycles. The second-order valence-electron chi connectivity index (χ2n) is 13.1. The van der Waals surface area contributed by atoms with E-state index in [0.717, 1.165) is 99.5 Å². The molecule has 7 aromatic carbocycles. The van der Waals surface area contributed by atoms with Crippen LogP contribution >= 0.6 is 0 Å². The fraction of sp³-hybridized carbons (Fsp3) is 0.0444. The zero-order valence-electron chi connectivity index (χ0n) is 27.3. The Labute approximate surface area is 291 Å². The van der Waals surface area contributed by atoms with Crippen LogP contribution in [0.4, 0.5) is 0 Å². The Hall–Kier alpha value is -6.63. The molecular weight excluding hydrogens is 631 g/mol. The molecule has 0 amide bonds. The van der Waals surface area contributed by atoms with Crippen molar-refractivity contribution in [3.8, 4) is 11.1 Å². The van der Waals surface area contributed by atoms with Crippen LogP contribution in [0.3, 0.4) is 0 Å². The smallest absolute Gasteiger partial charge is 0.143 e. The third kappa shape index (κ3) is 4.37. The van der Waals surface area contributed by atoms with Gasteiger partial charge in [0.15, 0.2) is 0 Å². The Kier molecular flexibility index (Phi) is 6.05. The molecule has 10 aromatic rings. The number of hydrogen-bond acceptors (Lipinski definition) is 6. The molecular formula is C45H29N3O3. The predicted molar refractivity (Wildman–Crippen MR) is 205 cm³/mol. The molecule has 4 heterocycles. The van der Waals surface area contributed by atoms with Gasteiger partial charge in [-0.25, -0.2) is 4.99 Å². The van der Waals surface area contributed by atoms with E-state index in [4.69, 9.17) is 18.2 Å². The van der Waals surface area contributed by atoms with Crippen LogP contribution in [0.25, 0.3) is 76.9 Å². The van der Waals surface area contributed by atoms with Crippen molar-refractivity contribution < 1.29 is 13.3 Å². The van der Waals surface area contributed by atoms with E-state index in [-0.39, 0.29) is 12.3 Å². The molecule has 51 heavy (non-hydrogen) atoms. The number of nitrogens with one attached hydrogen (secondary N) is 2. The minimum Gasteiger partial charge on any atom is -0.456 e. The van der Waals surface area contributed by atoms with Gasteiger partial charge in [0.2, 0.25) is 0 Å². The average molecular weight is 660 g/mol. The van der Waals surface area contributed by atoms with E-state index in [1.165, 1.54) is 0 Å². The molecule has 2 atom stereocenters. The molecule has 0 saturated carbocycles. The van der Waals surface area contributed by atoms with Crippen LogP contribution in [0.2, 0.25) is 0 Å². The van der Waals surface area contributed by atoms with Crippen LogP contribution in [0.5, 0.6) is 0 Å². The number of nitrogens with zero attached hydrogens (tertiary/aromatic N) is 1. The minimum absolute atomic E-state index is 0.241. The van der Waals surface area contributed by atoms with Crippen LogP contribution in [0, 0.1) is 0 Å². The summed E-state index contributed by atoms with van der Waals surface area (Å²) in [5.74, 6) is 0.820. The van der Waals surface area contributed by atoms with Gasteiger partial charge >= 0.3 is 0 Å². The van der Waals surface area contributed by atoms with Crippen molar-refractivity contribution in [2.45, 2.75) is 12.3 Å². The summed E-state index contributed by atoms with van der Waals surface area (Å²) in [4.78, 5) is 5.23. The number of fused-ring (bicyclic) bond motifs is 9. The minimum atomic E-state index is -0.346. The van der Waals surface area contributed by atoms with Gasteiger partial charge in [-0.05, 0) is 29.8 Å². The lowest BCUT2D eigenvalue weighted by Gasteiger charge is -2.32. The second kappa shape index (κ2) is 10.9. The first-order valence-electron chi connectivity index (χ1n) is 17.2. The van der Waals surface area contributed by atoms with E-state index >= 15 is 0 Å². The molecule has 2 N–H and O–H groups in total. The maximum atomic E-state index is 6.76. The lowest BCUT2D eigenvalue weighted by atomic mass is 9.99. The fourth-order valence-electron chi connectivity index (χ4n) is 7.83. The van der Waals surface area contributed by atoms with Gasteiger partial charge in [0.05, 0.1) is 0 Å². The maximum Gasteiger partial charge on any atom is 0.143 e. The number of benzene rings is 7. The number of hydrogen-bond donors (Lipinski definition) is 2. The molecule has 2 unspecified atom stereocenters. The Morgan fingerprint density at radius 1 is 0.471 bits per heavy atom. The van der Waals surface area contributed by atoms with Crippen molar-refractivity contribution >= 4 is 71.7 Å². The van der Waals surface area contributed by atoms with Gasteiger partial charge < -0.3 is 18.6 Å². The molecule has 242 valence electrons. The van der Waals surface area contributed by atoms with Crippen molar-refractivity contribution in [1.29, 1.82) is 0 Å². The predicted octanol–water partition coefficient (Wildman–Crippen LogP) is 11.4. The summed E-state index contributed by atoms with van der Waals surface area (Å²) in [6, 6.07) is 52.0. The summed E-state index contributed by atoms with van der Waals surface area (Å²) in [5, 5.41) is 14.0. The number of rotatable bonds is 4. The van der Waals surface area contributed by atoms with Crippen molar-refractivity contribution in [2.75, 3.05) is 0 Å². The standard InChI is InChI=1S/C45H29N3O3/c1-2-11-26(12-3-1)43-46-44(48-45(47-43)35-19-10-22-38-40(35)34-14-5-7-21-37(34)49-38)27-23-24-29-31-16-9-18-33(42(31)51-39(29)25-27)32-17-8-15-30-28-13-4-6-20-36(28)50-41(30)32/h1-25,44-45,48H,(H,46,47). The monoisotopic (exact) mass is 659 g/mol. The van der Waals surface area contributed by atoms with Gasteiger partial charge in [-0.2, -0.15) is 0 Å². The summed E-state index contributed by atoms with van der Waals surface area (Å²) in [7, 11) is 0. The van der Waals surface area contributed by atoms with E-state index in [1.807, 2.05) is 54.6 Å². The molecule has 6 heteroatoms. The third-order valence-corrected chi connectivity index (χ3v) is 10.2. The lowest BCUT2D eigenvalue weighted by Crippen LogP contribution is -2.45. The lowest BCUT2D eigenvalue weighted by molar-refractivity contribution is 0.411. The van der Waals surface area contributed by atoms with Gasteiger partial charge in [0, 0.05) is 54.6 Å². The van der Waals surface area contributed by atoms with Gasteiger partial charge in [-0.3, -0.25) is 5.32 Å². The normalized spacial score (nSPS) is 16.4. The van der Waals surface area contributed by atoms with E-state index in [9.17, 15) is 0 Å². The number of aliphatic imine (C=N–C) groups is 1. The molecule has 6 nitrogen and oxygen atoms in total. The van der Waals surface area contributed by atoms with Crippen LogP contribution in [0.1, 0.15) is 29.0 Å². The molecule has 1 aliphatic rings. The number of para-hydroxylation sites is 4. The second-order valence-corrected chi connectivity index (χ2v) is 13.1. The molecule has 0 aliphatic carbocycles. The summed E-state index contributed by atoms with van der Waals surface area (Å²) in [5.41, 5.74) is 10.2. The Bertz CT molecular complexity index is 3000. The van der Waals surface area contributed by atoms with Crippen molar-refractivity contribution in [1.82, 2.24) is 10.6 Å². The summed E-state index contributed by atoms with van der Waals surface area (Å²) in [6.07, 6.45) is -0.587. The molecule has 0 fully saturated rings. The molecule has 0 radical (unpaired) electrons. The Balaban J connectivity index is 1.05. The first-order chi connectivity index (χ1) is 25.3. The Morgan fingerprint density at radius 2 is 1.08 bits per heavy atom. The first-order valence-corrected chi connectivity index (χ1v) is 17.2. The van der Waals surface area contributed by atoms with Gasteiger partial charge in [0.1, 0.15) is 51.7 Å². The quantitative estimate of drug-likeness (QED) is 0.197. The van der Waals surface area contributed by atoms with Crippen LogP contribution in [0.15, 0.2) is 170 Å². The van der Waals surface area contributed by atoms with E-state index in [0.29, 0.717) is 0 Å².